The predicted molar refractivity (Wildman–Crippen MR) is 329 cm³/mol. The Morgan fingerprint density at radius 3 is 0.731 bits per heavy atom. The van der Waals surface area contributed by atoms with Gasteiger partial charge in [-0.3, -0.25) is 0 Å². The van der Waals surface area contributed by atoms with E-state index in [9.17, 15) is 0 Å². The van der Waals surface area contributed by atoms with Crippen LogP contribution in [0.1, 0.15) is 146 Å². The Balaban J connectivity index is 0.000000185. The van der Waals surface area contributed by atoms with Crippen LogP contribution in [0.5, 0.6) is 0 Å². The molecule has 0 atom stereocenters. The van der Waals surface area contributed by atoms with Crippen LogP contribution in [0.2, 0.25) is 17.7 Å². The zero-order valence-electron chi connectivity index (χ0n) is 48.1. The third kappa shape index (κ3) is 11.8. The predicted octanol–water partition coefficient (Wildman–Crippen LogP) is 10.7. The van der Waals surface area contributed by atoms with Crippen LogP contribution in [0, 0.1) is 27.7 Å². The second kappa shape index (κ2) is 27.4. The van der Waals surface area contributed by atoms with Crippen LogP contribution < -0.4 is 38.1 Å². The van der Waals surface area contributed by atoms with Crippen molar-refractivity contribution in [3.63, 3.8) is 0 Å². The number of unbranched alkanes of at least 4 members (excludes halogenated alkanes) is 4. The van der Waals surface area contributed by atoms with E-state index >= 15 is 0 Å². The Bertz CT molecular complexity index is 2980. The van der Waals surface area contributed by atoms with Crippen LogP contribution in [0.25, 0.3) is 44.5 Å². The van der Waals surface area contributed by atoms with E-state index in [1.807, 2.05) is 13.3 Å². The van der Waals surface area contributed by atoms with Crippen LogP contribution in [-0.2, 0) is 60.3 Å². The van der Waals surface area contributed by atoms with Crippen molar-refractivity contribution in [3.8, 4) is 44.5 Å². The van der Waals surface area contributed by atoms with Gasteiger partial charge in [-0.2, -0.15) is 0 Å². The van der Waals surface area contributed by atoms with E-state index in [1.165, 1.54) is 73.6 Å². The molecule has 12 rings (SSSR count). The first kappa shape index (κ1) is 60.3. The van der Waals surface area contributed by atoms with Crippen molar-refractivity contribution in [1.82, 2.24) is 0 Å². The monoisotopic (exact) mass is 1620 g/mol. The Morgan fingerprint density at radius 1 is 0.295 bits per heavy atom. The molecule has 8 aromatic carbocycles. The fraction of sp³-hybridized carbons (Fsp3) is 0.333. The Labute approximate surface area is 504 Å². The average molecular weight is 1610 g/mol. The quantitative estimate of drug-likeness (QED) is 0.0752. The topological polar surface area (TPSA) is 0 Å². The molecule has 0 radical (unpaired) electrons. The van der Waals surface area contributed by atoms with Gasteiger partial charge in [0.05, 0.1) is 0 Å². The summed E-state index contributed by atoms with van der Waals surface area (Å²) < 4.78 is 14.3. The van der Waals surface area contributed by atoms with Crippen molar-refractivity contribution in [3.05, 3.63) is 212 Å². The fourth-order valence-electron chi connectivity index (χ4n) is 14.5. The Kier molecular flexibility index (Phi) is 21.2. The van der Waals surface area contributed by atoms with Crippen molar-refractivity contribution < 1.29 is 59.4 Å². The van der Waals surface area contributed by atoms with Crippen LogP contribution in [0.15, 0.2) is 146 Å². The molecule has 0 bridgehead atoms. The van der Waals surface area contributed by atoms with E-state index < -0.39 is 65.2 Å². The maximum Gasteiger partial charge on any atom is -1.00 e. The van der Waals surface area contributed by atoms with E-state index in [0.29, 0.717) is 0 Å². The van der Waals surface area contributed by atoms with Gasteiger partial charge in [0.2, 0.25) is 0 Å². The van der Waals surface area contributed by atoms with Crippen LogP contribution in [0.4, 0.5) is 0 Å². The molecule has 0 saturated heterocycles. The van der Waals surface area contributed by atoms with Gasteiger partial charge in [-0.1, -0.05) is 0 Å². The van der Waals surface area contributed by atoms with Gasteiger partial charge in [-0.25, -0.2) is 0 Å². The minimum atomic E-state index is -2.42. The first-order valence-corrected chi connectivity index (χ1v) is 77.5. The average Bonchev–Trinajstić information content (AvgIpc) is 4.23. The normalized spacial score (nSPS) is 12.5. The maximum absolute atomic E-state index is 2.51. The van der Waals surface area contributed by atoms with Gasteiger partial charge >= 0.3 is 486 Å². The largest absolute Gasteiger partial charge is 1.00 e. The molecule has 400 valence electrons. The van der Waals surface area contributed by atoms with Gasteiger partial charge in [0, 0.05) is 0 Å². The zero-order valence-corrected chi connectivity index (χ0v) is 63.4. The summed E-state index contributed by atoms with van der Waals surface area (Å²) in [5, 5.41) is 0. The van der Waals surface area contributed by atoms with Crippen LogP contribution in [-0.4, -0.2) is 30.6 Å². The van der Waals surface area contributed by atoms with Crippen molar-refractivity contribution >= 4 is 43.9 Å². The summed E-state index contributed by atoms with van der Waals surface area (Å²) in [5.74, 6) is 0. The molecule has 8 aromatic rings. The molecular formula is C72H82Cl2Hf2Sn2. The minimum Gasteiger partial charge on any atom is -1.00 e. The van der Waals surface area contributed by atoms with Gasteiger partial charge in [0.25, 0.3) is 0 Å². The molecule has 0 unspecified atom stereocenters. The third-order valence-corrected chi connectivity index (χ3v) is 147. The van der Waals surface area contributed by atoms with Crippen molar-refractivity contribution in [2.24, 2.45) is 0 Å². The van der Waals surface area contributed by atoms with E-state index in [0.717, 1.165) is 25.7 Å². The first-order valence-electron chi connectivity index (χ1n) is 29.8. The molecule has 0 amide bonds. The molecule has 6 heteroatoms. The summed E-state index contributed by atoms with van der Waals surface area (Å²) in [7, 11) is 0. The molecular weight excluding hydrogens is 1530 g/mol. The van der Waals surface area contributed by atoms with Gasteiger partial charge in [0.15, 0.2) is 0 Å². The molecule has 0 aromatic heterocycles. The standard InChI is InChI=1S/4C14H11.4C4H9.2ClH.2Hf.2Sn.2H/c4*1-10-6-7-14-12(8-10)9-11-4-2-3-5-13(11)14;4*1-3-4-2;;;;;;;;/h4*2-7H,9H2,1H3;4*1,3-4H2,2H3;2*1H;;;;;;/q;;;;;;;;;;2*+1;;;;/p-2. The minimum absolute atomic E-state index is 0. The number of benzene rings is 8. The summed E-state index contributed by atoms with van der Waals surface area (Å²) >= 11 is -8.59. The van der Waals surface area contributed by atoms with Crippen molar-refractivity contribution in [2.75, 3.05) is 0 Å². The number of hydrogen-bond acceptors (Lipinski definition) is 0. The maximum atomic E-state index is 2.51. The summed E-state index contributed by atoms with van der Waals surface area (Å²) in [6.45, 7) is 19.5. The van der Waals surface area contributed by atoms with Crippen LogP contribution in [0.3, 0.4) is 0 Å². The van der Waals surface area contributed by atoms with E-state index in [1.54, 1.807) is 107 Å². The summed E-state index contributed by atoms with van der Waals surface area (Å²) in [5.41, 5.74) is 32.0. The molecule has 78 heavy (non-hydrogen) atoms. The molecule has 0 nitrogen and oxygen atoms in total. The number of hydrogen-bond donors (Lipinski definition) is 0. The van der Waals surface area contributed by atoms with Gasteiger partial charge in [-0.05, 0) is 0 Å². The fourth-order valence-corrected chi connectivity index (χ4v) is 176. The molecule has 0 aliphatic heterocycles. The first-order chi connectivity index (χ1) is 37.2. The van der Waals surface area contributed by atoms with E-state index in [-0.39, 0.29) is 24.8 Å². The Morgan fingerprint density at radius 2 is 0.513 bits per heavy atom. The second-order valence-electron chi connectivity index (χ2n) is 23.3. The SMILES string of the molecule is CCC[CH2][SnH]([CH2]CCC)[Hf+]([c]1c(C)ccc2c1Cc1ccccc1-2)[c]1c(C)ccc2c1Cc1ccccc1-2.CCC[CH2][SnH]([CH2]CCC)[Hf+]([c]1c(C)ccc2c1Cc1ccccc1-2)[c]1c(C)ccc2c1Cc1ccccc1-2.[Cl-].[Cl-]. The summed E-state index contributed by atoms with van der Waals surface area (Å²) in [6, 6.07) is 56.9. The summed E-state index contributed by atoms with van der Waals surface area (Å²) in [6.07, 6.45) is 15.9. The molecule has 0 heterocycles. The molecule has 4 aliphatic rings. The molecule has 0 fully saturated rings. The molecule has 0 saturated carbocycles. The third-order valence-electron chi connectivity index (χ3n) is 18.3. The van der Waals surface area contributed by atoms with E-state index in [2.05, 4.69) is 201 Å². The second-order valence-corrected chi connectivity index (χ2v) is 117. The van der Waals surface area contributed by atoms with Gasteiger partial charge < -0.3 is 24.8 Å². The number of aryl methyl sites for hydroxylation is 4. The van der Waals surface area contributed by atoms with Gasteiger partial charge in [-0.15, -0.1) is 0 Å². The number of halogens is 2. The van der Waals surface area contributed by atoms with Gasteiger partial charge in [0.1, 0.15) is 0 Å². The zero-order chi connectivity index (χ0) is 52.5. The van der Waals surface area contributed by atoms with E-state index in [4.69, 9.17) is 0 Å². The summed E-state index contributed by atoms with van der Waals surface area (Å²) in [4.78, 5) is 0. The molecule has 4 aliphatic carbocycles. The Hall–Kier alpha value is -2.32. The number of rotatable bonds is 18. The smallest absolute Gasteiger partial charge is 1.00 e. The van der Waals surface area contributed by atoms with Crippen molar-refractivity contribution in [1.29, 1.82) is 0 Å². The molecule has 0 N–H and O–H groups in total. The number of fused-ring (bicyclic) bond motifs is 12. The molecule has 0 spiro atoms. The van der Waals surface area contributed by atoms with Crippen molar-refractivity contribution in [2.45, 2.75) is 150 Å². The van der Waals surface area contributed by atoms with Crippen LogP contribution >= 0.6 is 0 Å².